The molecule has 0 radical (unpaired) electrons. The van der Waals surface area contributed by atoms with Crippen LogP contribution in [0.25, 0.3) is 0 Å². The van der Waals surface area contributed by atoms with E-state index in [1.54, 1.807) is 0 Å². The third-order valence-electron chi connectivity index (χ3n) is 1.02. The second-order valence-electron chi connectivity index (χ2n) is 2.32. The smallest absolute Gasteiger partial charge is 0.411 e. The molecule has 0 aromatic carbocycles. The second-order valence-corrected chi connectivity index (χ2v) is 2.32. The zero-order valence-electron chi connectivity index (χ0n) is 7.60. The Morgan fingerprint density at radius 3 is 2.43 bits per heavy atom. The predicted molar refractivity (Wildman–Crippen MR) is 39.7 cm³/mol. The molecule has 0 aliphatic rings. The molecule has 0 atom stereocenters. The van der Waals surface area contributed by atoms with Crippen molar-refractivity contribution in [2.24, 2.45) is 0 Å². The summed E-state index contributed by atoms with van der Waals surface area (Å²) in [4.78, 5) is 10.6. The topological polar surface area (TPSA) is 44.8 Å². The molecule has 0 spiro atoms. The van der Waals surface area contributed by atoms with Gasteiger partial charge in [0.15, 0.2) is 0 Å². The lowest BCUT2D eigenvalue weighted by Gasteiger charge is -2.07. The van der Waals surface area contributed by atoms with E-state index in [1.165, 1.54) is 7.11 Å². The molecule has 0 bridgehead atoms. The van der Waals surface area contributed by atoms with Crippen molar-refractivity contribution in [2.45, 2.75) is 6.18 Å². The molecular weight excluding hydrogens is 205 g/mol. The lowest BCUT2D eigenvalue weighted by molar-refractivity contribution is -0.178. The molecule has 0 unspecified atom stereocenters. The van der Waals surface area contributed by atoms with Gasteiger partial charge in [0.25, 0.3) is 0 Å². The van der Waals surface area contributed by atoms with Gasteiger partial charge in [0.1, 0.15) is 19.8 Å². The Balaban J connectivity index is 3.26. The fourth-order valence-corrected chi connectivity index (χ4v) is 0.562. The summed E-state index contributed by atoms with van der Waals surface area (Å²) in [5.41, 5.74) is 0. The van der Waals surface area contributed by atoms with Crippen LogP contribution in [0.3, 0.4) is 0 Å². The highest BCUT2D eigenvalue weighted by molar-refractivity contribution is 5.70. The molecule has 7 heteroatoms. The number of carbonyl (C=O) groups excluding carboxylic acids is 1. The Hall–Kier alpha value is -0.820. The number of hydrogen-bond acceptors (Lipinski definition) is 4. The number of rotatable bonds is 6. The van der Waals surface area contributed by atoms with Gasteiger partial charge in [0.05, 0.1) is 6.61 Å². The van der Waals surface area contributed by atoms with Crippen LogP contribution in [0.1, 0.15) is 0 Å². The van der Waals surface area contributed by atoms with Crippen LogP contribution < -0.4 is 0 Å². The molecule has 0 aromatic heterocycles. The molecule has 0 aliphatic heterocycles. The molecule has 4 nitrogen and oxygen atoms in total. The Bertz CT molecular complexity index is 169. The van der Waals surface area contributed by atoms with Gasteiger partial charge in [-0.3, -0.25) is 0 Å². The predicted octanol–water partition coefficient (Wildman–Crippen LogP) is 0.755. The zero-order valence-corrected chi connectivity index (χ0v) is 7.60. The van der Waals surface area contributed by atoms with Crippen molar-refractivity contribution in [1.29, 1.82) is 0 Å². The van der Waals surface area contributed by atoms with Crippen LogP contribution in [0.5, 0.6) is 0 Å². The molecule has 0 amide bonds. The minimum atomic E-state index is -4.35. The molecule has 84 valence electrons. The lowest BCUT2D eigenvalue weighted by Crippen LogP contribution is -2.20. The summed E-state index contributed by atoms with van der Waals surface area (Å²) in [5, 5.41) is 0. The number of esters is 1. The zero-order chi connectivity index (χ0) is 11.0. The van der Waals surface area contributed by atoms with E-state index in [0.717, 1.165) is 0 Å². The van der Waals surface area contributed by atoms with Gasteiger partial charge in [-0.1, -0.05) is 0 Å². The van der Waals surface area contributed by atoms with Crippen molar-refractivity contribution < 1.29 is 32.2 Å². The van der Waals surface area contributed by atoms with E-state index in [9.17, 15) is 18.0 Å². The fraction of sp³-hybridized carbons (Fsp3) is 0.857. The lowest BCUT2D eigenvalue weighted by atomic mass is 10.6. The van der Waals surface area contributed by atoms with Crippen LogP contribution in [0.15, 0.2) is 0 Å². The summed E-state index contributed by atoms with van der Waals surface area (Å²) < 4.78 is 47.6. The maximum Gasteiger partial charge on any atom is 0.411 e. The third-order valence-corrected chi connectivity index (χ3v) is 1.02. The van der Waals surface area contributed by atoms with E-state index in [4.69, 9.17) is 0 Å². The number of halogens is 3. The third kappa shape index (κ3) is 9.27. The first kappa shape index (κ1) is 13.2. The minimum absolute atomic E-state index is 0.210. The first-order valence-corrected chi connectivity index (χ1v) is 3.75. The van der Waals surface area contributed by atoms with Crippen molar-refractivity contribution in [3.05, 3.63) is 0 Å². The van der Waals surface area contributed by atoms with Crippen LogP contribution >= 0.6 is 0 Å². The van der Waals surface area contributed by atoms with Gasteiger partial charge in [-0.15, -0.1) is 0 Å². The first-order chi connectivity index (χ1) is 6.45. The van der Waals surface area contributed by atoms with Gasteiger partial charge in [-0.25, -0.2) is 4.79 Å². The Morgan fingerprint density at radius 1 is 1.29 bits per heavy atom. The maximum absolute atomic E-state index is 11.5. The normalized spacial score (nSPS) is 11.4. The SMILES string of the molecule is COCC(=O)OCCOCC(F)(F)F. The molecule has 0 aliphatic carbocycles. The number of alkyl halides is 3. The first-order valence-electron chi connectivity index (χ1n) is 3.75. The summed E-state index contributed by atoms with van der Waals surface area (Å²) in [5.74, 6) is -0.636. The Kier molecular flexibility index (Phi) is 6.22. The summed E-state index contributed by atoms with van der Waals surface area (Å²) >= 11 is 0. The van der Waals surface area contributed by atoms with Crippen LogP contribution in [0.2, 0.25) is 0 Å². The quantitative estimate of drug-likeness (QED) is 0.485. The van der Waals surface area contributed by atoms with Crippen molar-refractivity contribution in [3.63, 3.8) is 0 Å². The van der Waals surface area contributed by atoms with E-state index in [0.29, 0.717) is 0 Å². The highest BCUT2D eigenvalue weighted by atomic mass is 19.4. The standard InChI is InChI=1S/C7H11F3O4/c1-12-4-6(11)14-3-2-13-5-7(8,9)10/h2-5H2,1H3. The van der Waals surface area contributed by atoms with E-state index in [-0.39, 0.29) is 19.8 Å². The van der Waals surface area contributed by atoms with E-state index in [2.05, 4.69) is 14.2 Å². The molecule has 0 fully saturated rings. The highest BCUT2D eigenvalue weighted by Crippen LogP contribution is 2.13. The van der Waals surface area contributed by atoms with Gasteiger partial charge in [-0.05, 0) is 0 Å². The molecule has 0 aromatic rings. The molecule has 0 rings (SSSR count). The van der Waals surface area contributed by atoms with Gasteiger partial charge in [0, 0.05) is 7.11 Å². The number of carbonyl (C=O) groups is 1. The van der Waals surface area contributed by atoms with Gasteiger partial charge >= 0.3 is 12.1 Å². The number of hydrogen-bond donors (Lipinski definition) is 0. The maximum atomic E-state index is 11.5. The second kappa shape index (κ2) is 6.61. The van der Waals surface area contributed by atoms with E-state index >= 15 is 0 Å². The van der Waals surface area contributed by atoms with Crippen LogP contribution in [-0.4, -0.2) is 45.7 Å². The average Bonchev–Trinajstić information content (AvgIpc) is 2.02. The molecule has 14 heavy (non-hydrogen) atoms. The Morgan fingerprint density at radius 2 is 1.93 bits per heavy atom. The number of ether oxygens (including phenoxy) is 3. The summed E-state index contributed by atoms with van der Waals surface area (Å²) in [6.07, 6.45) is -4.35. The van der Waals surface area contributed by atoms with Gasteiger partial charge < -0.3 is 14.2 Å². The molecule has 0 saturated heterocycles. The fourth-order valence-electron chi connectivity index (χ4n) is 0.562. The van der Waals surface area contributed by atoms with Crippen molar-refractivity contribution in [3.8, 4) is 0 Å². The van der Waals surface area contributed by atoms with Crippen molar-refractivity contribution in [2.75, 3.05) is 33.5 Å². The monoisotopic (exact) mass is 216 g/mol. The average molecular weight is 216 g/mol. The minimum Gasteiger partial charge on any atom is -0.462 e. The molecular formula is C7H11F3O4. The van der Waals surface area contributed by atoms with Gasteiger partial charge in [-0.2, -0.15) is 13.2 Å². The van der Waals surface area contributed by atoms with E-state index < -0.39 is 18.8 Å². The summed E-state index contributed by atoms with van der Waals surface area (Å²) in [6, 6.07) is 0. The number of methoxy groups -OCH3 is 1. The van der Waals surface area contributed by atoms with E-state index in [1.807, 2.05) is 0 Å². The van der Waals surface area contributed by atoms with Crippen molar-refractivity contribution >= 4 is 5.97 Å². The van der Waals surface area contributed by atoms with Crippen molar-refractivity contribution in [1.82, 2.24) is 0 Å². The molecule has 0 heterocycles. The highest BCUT2D eigenvalue weighted by Gasteiger charge is 2.27. The summed E-state index contributed by atoms with van der Waals surface area (Å²) in [6.45, 7) is -2.05. The van der Waals surface area contributed by atoms with Crippen LogP contribution in [0, 0.1) is 0 Å². The largest absolute Gasteiger partial charge is 0.462 e. The van der Waals surface area contributed by atoms with Crippen LogP contribution in [0.4, 0.5) is 13.2 Å². The van der Waals surface area contributed by atoms with Gasteiger partial charge in [0.2, 0.25) is 0 Å². The molecule has 0 saturated carbocycles. The summed E-state index contributed by atoms with van der Waals surface area (Å²) in [7, 11) is 1.31. The van der Waals surface area contributed by atoms with Crippen LogP contribution in [-0.2, 0) is 19.0 Å². The Labute approximate surface area is 78.9 Å². The molecule has 0 N–H and O–H groups in total.